The molecule has 192 valence electrons. The summed E-state index contributed by atoms with van der Waals surface area (Å²) in [6.45, 7) is 6.06. The third-order valence-corrected chi connectivity index (χ3v) is 4.21. The van der Waals surface area contributed by atoms with Crippen molar-refractivity contribution in [2.45, 2.75) is 40.2 Å². The monoisotopic (exact) mass is 496 g/mol. The fourth-order valence-electron chi connectivity index (χ4n) is 2.94. The number of carbonyl (C=O) groups excluding carboxylic acids is 6. The van der Waals surface area contributed by atoms with E-state index in [9.17, 15) is 24.0 Å². The van der Waals surface area contributed by atoms with Crippen LogP contribution in [0.1, 0.15) is 56.1 Å². The lowest BCUT2D eigenvalue weighted by atomic mass is 9.93. The molecule has 1 aliphatic rings. The number of amides is 4. The van der Waals surface area contributed by atoms with Gasteiger partial charge in [-0.1, -0.05) is 60.7 Å². The Morgan fingerprint density at radius 2 is 1.31 bits per heavy atom. The van der Waals surface area contributed by atoms with Crippen molar-refractivity contribution < 1.29 is 28.8 Å². The molecule has 0 bridgehead atoms. The Bertz CT molecular complexity index is 1070. The van der Waals surface area contributed by atoms with Gasteiger partial charge in [0.1, 0.15) is 17.9 Å². The van der Waals surface area contributed by atoms with Crippen molar-refractivity contribution in [2.24, 2.45) is 11.5 Å². The van der Waals surface area contributed by atoms with Gasteiger partial charge in [0.25, 0.3) is 0 Å². The van der Waals surface area contributed by atoms with E-state index in [4.69, 9.17) is 4.79 Å². The van der Waals surface area contributed by atoms with Crippen LogP contribution in [0.2, 0.25) is 0 Å². The van der Waals surface area contributed by atoms with Gasteiger partial charge < -0.3 is 22.1 Å². The van der Waals surface area contributed by atoms with Crippen molar-refractivity contribution >= 4 is 35.7 Å². The van der Waals surface area contributed by atoms with Gasteiger partial charge in [0, 0.05) is 16.8 Å². The minimum atomic E-state index is -0.833. The molecule has 0 fully saturated rings. The first-order chi connectivity index (χ1) is 16.9. The number of hydrogen-bond donors (Lipinski definition) is 4. The van der Waals surface area contributed by atoms with Crippen molar-refractivity contribution in [1.29, 1.82) is 0 Å². The molecule has 0 aromatic heterocycles. The van der Waals surface area contributed by atoms with Crippen molar-refractivity contribution in [2.75, 3.05) is 0 Å². The van der Waals surface area contributed by atoms with Crippen LogP contribution in [0, 0.1) is 0 Å². The third-order valence-electron chi connectivity index (χ3n) is 4.21. The summed E-state index contributed by atoms with van der Waals surface area (Å²) in [5.41, 5.74) is 11.4. The molecule has 1 atom stereocenters. The average Bonchev–Trinajstić information content (AvgIpc) is 2.79. The van der Waals surface area contributed by atoms with Gasteiger partial charge in [-0.25, -0.2) is 9.59 Å². The summed E-state index contributed by atoms with van der Waals surface area (Å²) in [5.74, 6) is -0.163. The molecule has 2 aromatic carbocycles. The molecule has 0 saturated heterocycles. The Labute approximate surface area is 210 Å². The molecular weight excluding hydrogens is 464 g/mol. The second-order valence-electron chi connectivity index (χ2n) is 7.55. The van der Waals surface area contributed by atoms with Crippen LogP contribution in [0.15, 0.2) is 71.9 Å². The number of hydrogen-bond acceptors (Lipinski definition) is 6. The number of benzene rings is 2. The van der Waals surface area contributed by atoms with Crippen LogP contribution in [-0.2, 0) is 14.4 Å². The highest BCUT2D eigenvalue weighted by Gasteiger charge is 2.28. The predicted molar refractivity (Wildman–Crippen MR) is 136 cm³/mol. The number of nitrogens with two attached hydrogens (primary N) is 2. The lowest BCUT2D eigenvalue weighted by Gasteiger charge is -2.27. The Morgan fingerprint density at radius 1 is 0.861 bits per heavy atom. The molecular formula is C26H32N4O6. The van der Waals surface area contributed by atoms with Gasteiger partial charge in [-0.15, -0.1) is 0 Å². The molecule has 1 aliphatic heterocycles. The number of ketones is 3. The normalized spacial score (nSPS) is 13.4. The molecule has 6 N–H and O–H groups in total. The SMILES string of the molecule is CC(=O)C1=C(C)NC(=O)NC1c1ccccc1.CC(=O)CC(C)=O.NC(N)=O.O=Cc1ccccc1. The number of allylic oxidation sites excluding steroid dienone is 1. The first kappa shape index (κ1) is 31.4. The zero-order chi connectivity index (χ0) is 27.7. The molecule has 36 heavy (non-hydrogen) atoms. The van der Waals surface area contributed by atoms with Gasteiger partial charge in [-0.05, 0) is 33.3 Å². The molecule has 1 heterocycles. The fraction of sp³-hybridized carbons (Fsp3) is 0.231. The molecule has 0 aliphatic carbocycles. The van der Waals surface area contributed by atoms with Gasteiger partial charge in [0.05, 0.1) is 12.5 Å². The standard InChI is InChI=1S/C13H14N2O2.C7H6O.C5H8O2.CH4N2O/c1-8-11(9(2)16)12(15-13(17)14-8)10-6-4-3-5-7-10;8-6-7-4-2-1-3-5-7;1-4(6)3-5(2)7;2-1(3)4/h3-7,12H,1-2H3,(H2,14,15,17);1-6H;3H2,1-2H3;(H4,2,3,4). The van der Waals surface area contributed by atoms with Gasteiger partial charge in [-0.3, -0.25) is 19.2 Å². The summed E-state index contributed by atoms with van der Waals surface area (Å²) in [5, 5.41) is 5.38. The first-order valence-corrected chi connectivity index (χ1v) is 10.8. The summed E-state index contributed by atoms with van der Waals surface area (Å²) >= 11 is 0. The minimum Gasteiger partial charge on any atom is -0.352 e. The zero-order valence-corrected chi connectivity index (χ0v) is 20.7. The maximum Gasteiger partial charge on any atom is 0.319 e. The van der Waals surface area contributed by atoms with Crippen molar-refractivity contribution in [1.82, 2.24) is 10.6 Å². The summed E-state index contributed by atoms with van der Waals surface area (Å²) in [6, 6.07) is 17.1. The van der Waals surface area contributed by atoms with E-state index < -0.39 is 6.03 Å². The summed E-state index contributed by atoms with van der Waals surface area (Å²) in [7, 11) is 0. The average molecular weight is 497 g/mol. The second kappa shape index (κ2) is 16.9. The predicted octanol–water partition coefficient (Wildman–Crippen LogP) is 2.98. The van der Waals surface area contributed by atoms with Crippen LogP contribution in [0.5, 0.6) is 0 Å². The summed E-state index contributed by atoms with van der Waals surface area (Å²) < 4.78 is 0. The maximum atomic E-state index is 11.7. The van der Waals surface area contributed by atoms with Gasteiger partial charge in [0.2, 0.25) is 0 Å². The number of primary amides is 2. The van der Waals surface area contributed by atoms with E-state index in [0.29, 0.717) is 11.3 Å². The lowest BCUT2D eigenvalue weighted by Crippen LogP contribution is -2.44. The van der Waals surface area contributed by atoms with E-state index in [1.165, 1.54) is 20.8 Å². The van der Waals surface area contributed by atoms with Gasteiger partial charge in [0.15, 0.2) is 5.78 Å². The maximum absolute atomic E-state index is 11.7. The number of urea groups is 2. The number of aldehydes is 1. The Morgan fingerprint density at radius 3 is 1.64 bits per heavy atom. The second-order valence-corrected chi connectivity index (χ2v) is 7.55. The van der Waals surface area contributed by atoms with Crippen LogP contribution in [0.25, 0.3) is 0 Å². The summed E-state index contributed by atoms with van der Waals surface area (Å²) in [6.07, 6.45) is 0.917. The lowest BCUT2D eigenvalue weighted by molar-refractivity contribution is -0.124. The van der Waals surface area contributed by atoms with Gasteiger partial charge >= 0.3 is 12.1 Å². The quantitative estimate of drug-likeness (QED) is 0.365. The van der Waals surface area contributed by atoms with E-state index in [0.717, 1.165) is 17.4 Å². The van der Waals surface area contributed by atoms with Crippen molar-refractivity contribution in [3.63, 3.8) is 0 Å². The smallest absolute Gasteiger partial charge is 0.319 e. The van der Waals surface area contributed by atoms with E-state index >= 15 is 0 Å². The molecule has 3 rings (SSSR count). The summed E-state index contributed by atoms with van der Waals surface area (Å²) in [4.78, 5) is 62.2. The molecule has 1 unspecified atom stereocenters. The van der Waals surface area contributed by atoms with E-state index in [2.05, 4.69) is 22.1 Å². The minimum absolute atomic E-state index is 0.0381. The molecule has 0 spiro atoms. The van der Waals surface area contributed by atoms with Crippen LogP contribution in [0.4, 0.5) is 9.59 Å². The molecule has 4 amide bonds. The Hall–Kier alpha value is -4.60. The topological polar surface area (TPSA) is 179 Å². The van der Waals surface area contributed by atoms with Crippen molar-refractivity contribution in [3.05, 3.63) is 83.1 Å². The Balaban J connectivity index is 0.000000537. The fourth-order valence-corrected chi connectivity index (χ4v) is 2.94. The molecule has 0 saturated carbocycles. The molecule has 10 heteroatoms. The number of carbonyl (C=O) groups is 6. The molecule has 0 radical (unpaired) electrons. The number of Topliss-reactive ketones (excluding diaryl/α,β-unsaturated/α-hetero) is 3. The first-order valence-electron chi connectivity index (χ1n) is 10.8. The largest absolute Gasteiger partial charge is 0.352 e. The zero-order valence-electron chi connectivity index (χ0n) is 20.7. The Kier molecular flexibility index (Phi) is 14.8. The highest BCUT2D eigenvalue weighted by Crippen LogP contribution is 2.26. The number of rotatable bonds is 5. The van der Waals surface area contributed by atoms with Crippen LogP contribution < -0.4 is 22.1 Å². The van der Waals surface area contributed by atoms with Crippen LogP contribution in [-0.4, -0.2) is 35.7 Å². The molecule has 10 nitrogen and oxygen atoms in total. The highest BCUT2D eigenvalue weighted by molar-refractivity contribution is 5.98. The van der Waals surface area contributed by atoms with Crippen molar-refractivity contribution in [3.8, 4) is 0 Å². The van der Waals surface area contributed by atoms with E-state index in [1.807, 2.05) is 48.5 Å². The molecule has 2 aromatic rings. The number of nitrogens with one attached hydrogen (secondary N) is 2. The van der Waals surface area contributed by atoms with Gasteiger partial charge in [-0.2, -0.15) is 0 Å². The van der Waals surface area contributed by atoms with E-state index in [-0.39, 0.29) is 35.8 Å². The highest BCUT2D eigenvalue weighted by atomic mass is 16.2. The van der Waals surface area contributed by atoms with Crippen LogP contribution in [0.3, 0.4) is 0 Å². The van der Waals surface area contributed by atoms with E-state index in [1.54, 1.807) is 19.1 Å². The third kappa shape index (κ3) is 13.8. The van der Waals surface area contributed by atoms with Crippen LogP contribution >= 0.6 is 0 Å².